The van der Waals surface area contributed by atoms with Crippen LogP contribution in [0.5, 0.6) is 17.2 Å². The van der Waals surface area contributed by atoms with Crippen LogP contribution in [0.15, 0.2) is 57.5 Å². The minimum Gasteiger partial charge on any atom is -0.493 e. The van der Waals surface area contributed by atoms with Crippen LogP contribution in [-0.2, 0) is 9.53 Å². The van der Waals surface area contributed by atoms with Crippen molar-refractivity contribution in [3.63, 3.8) is 0 Å². The number of aromatic nitrogens is 1. The van der Waals surface area contributed by atoms with Gasteiger partial charge in [0.15, 0.2) is 16.3 Å². The van der Waals surface area contributed by atoms with Gasteiger partial charge in [-0.05, 0) is 50.1 Å². The number of hydrogen-bond acceptors (Lipinski definition) is 8. The number of methoxy groups -OCH3 is 3. The molecule has 0 fully saturated rings. The van der Waals surface area contributed by atoms with E-state index in [9.17, 15) is 9.59 Å². The average molecular weight is 509 g/mol. The van der Waals surface area contributed by atoms with Crippen LogP contribution in [0.2, 0.25) is 0 Å². The van der Waals surface area contributed by atoms with Crippen LogP contribution in [0.25, 0.3) is 6.08 Å². The number of thiazole rings is 1. The third kappa shape index (κ3) is 4.54. The summed E-state index contributed by atoms with van der Waals surface area (Å²) in [4.78, 5) is 31.9. The maximum Gasteiger partial charge on any atom is 0.338 e. The van der Waals surface area contributed by atoms with E-state index in [-0.39, 0.29) is 12.2 Å². The molecule has 0 unspecified atom stereocenters. The fourth-order valence-corrected chi connectivity index (χ4v) is 5.24. The van der Waals surface area contributed by atoms with E-state index < -0.39 is 12.0 Å². The molecule has 1 atom stereocenters. The maximum atomic E-state index is 13.8. The molecule has 0 saturated heterocycles. The molecule has 0 aliphatic carbocycles. The van der Waals surface area contributed by atoms with Crippen molar-refractivity contribution < 1.29 is 23.7 Å². The molecule has 9 heteroatoms. The van der Waals surface area contributed by atoms with Crippen LogP contribution in [0.3, 0.4) is 0 Å². The quantitative estimate of drug-likeness (QED) is 0.456. The predicted octanol–water partition coefficient (Wildman–Crippen LogP) is 3.13. The van der Waals surface area contributed by atoms with Crippen molar-refractivity contribution in [1.82, 2.24) is 4.57 Å². The number of fused-ring (bicyclic) bond motifs is 1. The minimum absolute atomic E-state index is 0.224. The summed E-state index contributed by atoms with van der Waals surface area (Å²) >= 11 is 1.26. The molecule has 1 aliphatic heterocycles. The smallest absolute Gasteiger partial charge is 0.338 e. The number of allylic oxidation sites excluding steroid dienone is 1. The van der Waals surface area contributed by atoms with Crippen LogP contribution in [0.1, 0.15) is 36.6 Å². The highest BCUT2D eigenvalue weighted by molar-refractivity contribution is 7.07. The molecule has 36 heavy (non-hydrogen) atoms. The highest BCUT2D eigenvalue weighted by Crippen LogP contribution is 2.38. The number of carbonyl (C=O) groups excluding carboxylic acids is 1. The number of rotatable bonds is 7. The Bertz CT molecular complexity index is 1490. The zero-order valence-electron chi connectivity index (χ0n) is 21.1. The van der Waals surface area contributed by atoms with Gasteiger partial charge in [0.1, 0.15) is 0 Å². The number of esters is 1. The Morgan fingerprint density at radius 1 is 1.06 bits per heavy atom. The van der Waals surface area contributed by atoms with Gasteiger partial charge >= 0.3 is 5.97 Å². The van der Waals surface area contributed by atoms with Gasteiger partial charge < -0.3 is 18.9 Å². The zero-order valence-corrected chi connectivity index (χ0v) is 21.9. The molecule has 4 rings (SSSR count). The van der Waals surface area contributed by atoms with Gasteiger partial charge in [-0.15, -0.1) is 0 Å². The summed E-state index contributed by atoms with van der Waals surface area (Å²) < 4.78 is 23.7. The van der Waals surface area contributed by atoms with Crippen LogP contribution in [-0.4, -0.2) is 38.5 Å². The van der Waals surface area contributed by atoms with Crippen LogP contribution < -0.4 is 29.1 Å². The lowest BCUT2D eigenvalue weighted by Gasteiger charge is -2.24. The molecule has 2 aromatic carbocycles. The summed E-state index contributed by atoms with van der Waals surface area (Å²) in [5.41, 5.74) is 3.20. The summed E-state index contributed by atoms with van der Waals surface area (Å²) in [6.07, 6.45) is 1.75. The molecule has 188 valence electrons. The highest BCUT2D eigenvalue weighted by atomic mass is 32.1. The first-order chi connectivity index (χ1) is 17.3. The number of benzene rings is 2. The normalized spacial score (nSPS) is 15.3. The monoisotopic (exact) mass is 508 g/mol. The Morgan fingerprint density at radius 2 is 1.69 bits per heavy atom. The molecule has 1 aromatic heterocycles. The molecule has 3 aromatic rings. The van der Waals surface area contributed by atoms with Gasteiger partial charge in [-0.2, -0.15) is 0 Å². The summed E-state index contributed by atoms with van der Waals surface area (Å²) in [7, 11) is 4.61. The standard InChI is InChI=1S/C27H28N2O6S/c1-7-35-26(31)22-16(3)28-27-29(23(22)18-10-8-15(2)9-11-18)25(30)21(36-27)14-17-12-19(32-4)24(34-6)20(13-17)33-5/h8-14,23H,7H2,1-6H3/b21-14+/t23-/m0/s1. The van der Waals surface area contributed by atoms with Crippen LogP contribution in [0.4, 0.5) is 0 Å². The Labute approximate surface area is 212 Å². The first-order valence-electron chi connectivity index (χ1n) is 11.4. The second-order valence-corrected chi connectivity index (χ2v) is 9.18. The molecular formula is C27H28N2O6S. The van der Waals surface area contributed by atoms with Gasteiger partial charge in [-0.1, -0.05) is 41.2 Å². The van der Waals surface area contributed by atoms with Crippen molar-refractivity contribution in [2.75, 3.05) is 27.9 Å². The Kier molecular flexibility index (Phi) is 7.30. The lowest BCUT2D eigenvalue weighted by Crippen LogP contribution is -2.39. The van der Waals surface area contributed by atoms with E-state index in [1.54, 1.807) is 36.6 Å². The third-order valence-electron chi connectivity index (χ3n) is 5.89. The second-order valence-electron chi connectivity index (χ2n) is 8.17. The maximum absolute atomic E-state index is 13.8. The van der Waals surface area contributed by atoms with Crippen molar-refractivity contribution in [2.45, 2.75) is 26.8 Å². The van der Waals surface area contributed by atoms with Gasteiger partial charge in [0, 0.05) is 0 Å². The van der Waals surface area contributed by atoms with E-state index in [2.05, 4.69) is 4.99 Å². The number of carbonyl (C=O) groups is 1. The number of nitrogens with zero attached hydrogens (tertiary/aromatic N) is 2. The van der Waals surface area contributed by atoms with E-state index in [0.29, 0.717) is 43.4 Å². The van der Waals surface area contributed by atoms with Gasteiger partial charge in [0.2, 0.25) is 5.75 Å². The van der Waals surface area contributed by atoms with E-state index in [1.165, 1.54) is 32.7 Å². The van der Waals surface area contributed by atoms with E-state index in [0.717, 1.165) is 11.1 Å². The average Bonchev–Trinajstić information content (AvgIpc) is 3.17. The van der Waals surface area contributed by atoms with Crippen molar-refractivity contribution in [3.8, 4) is 17.2 Å². The van der Waals surface area contributed by atoms with Gasteiger partial charge in [-0.25, -0.2) is 9.79 Å². The lowest BCUT2D eigenvalue weighted by atomic mass is 9.95. The number of ether oxygens (including phenoxy) is 4. The van der Waals surface area contributed by atoms with Crippen molar-refractivity contribution in [3.05, 3.63) is 84.0 Å². The second kappa shape index (κ2) is 10.4. The minimum atomic E-state index is -0.650. The van der Waals surface area contributed by atoms with Gasteiger partial charge in [0.25, 0.3) is 5.56 Å². The Morgan fingerprint density at radius 3 is 2.25 bits per heavy atom. The largest absolute Gasteiger partial charge is 0.493 e. The topological polar surface area (TPSA) is 88.4 Å². The van der Waals surface area contributed by atoms with E-state index in [4.69, 9.17) is 18.9 Å². The molecule has 0 radical (unpaired) electrons. The number of aryl methyl sites for hydroxylation is 1. The fraction of sp³-hybridized carbons (Fsp3) is 0.296. The van der Waals surface area contributed by atoms with Crippen molar-refractivity contribution in [2.24, 2.45) is 4.99 Å². The molecular weight excluding hydrogens is 480 g/mol. The fourth-order valence-electron chi connectivity index (χ4n) is 4.19. The van der Waals surface area contributed by atoms with Crippen LogP contribution in [0, 0.1) is 6.92 Å². The first-order valence-corrected chi connectivity index (χ1v) is 12.2. The zero-order chi connectivity index (χ0) is 26.0. The van der Waals surface area contributed by atoms with E-state index >= 15 is 0 Å². The molecule has 1 aliphatic rings. The summed E-state index contributed by atoms with van der Waals surface area (Å²) in [5, 5.41) is 0. The Balaban J connectivity index is 1.94. The van der Waals surface area contributed by atoms with Crippen LogP contribution >= 0.6 is 11.3 Å². The molecule has 0 N–H and O–H groups in total. The number of hydrogen-bond donors (Lipinski definition) is 0. The summed E-state index contributed by atoms with van der Waals surface area (Å²) in [6, 6.07) is 10.7. The molecule has 0 amide bonds. The lowest BCUT2D eigenvalue weighted by molar-refractivity contribution is -0.139. The molecule has 2 heterocycles. The van der Waals surface area contributed by atoms with Gasteiger partial charge in [0.05, 0.1) is 49.8 Å². The first kappa shape index (κ1) is 25.2. The van der Waals surface area contributed by atoms with Crippen molar-refractivity contribution in [1.29, 1.82) is 0 Å². The van der Waals surface area contributed by atoms with Crippen molar-refractivity contribution >= 4 is 23.4 Å². The van der Waals surface area contributed by atoms with E-state index in [1.807, 2.05) is 31.2 Å². The third-order valence-corrected chi connectivity index (χ3v) is 6.88. The van der Waals surface area contributed by atoms with Gasteiger partial charge in [-0.3, -0.25) is 9.36 Å². The molecule has 0 bridgehead atoms. The Hall–Kier alpha value is -3.85. The summed E-state index contributed by atoms with van der Waals surface area (Å²) in [6.45, 7) is 5.73. The SMILES string of the molecule is CCOC(=O)C1=C(C)N=c2s/c(=C/c3cc(OC)c(OC)c(OC)c3)c(=O)n2[C@H]1c1ccc(C)cc1. The predicted molar refractivity (Wildman–Crippen MR) is 138 cm³/mol. The highest BCUT2D eigenvalue weighted by Gasteiger charge is 2.33. The summed E-state index contributed by atoms with van der Waals surface area (Å²) in [5.74, 6) is 0.943. The molecule has 0 spiro atoms. The molecule has 8 nitrogen and oxygen atoms in total. The molecule has 0 saturated carbocycles.